The van der Waals surface area contributed by atoms with Gasteiger partial charge in [-0.3, -0.25) is 25.0 Å². The first-order valence-corrected chi connectivity index (χ1v) is 9.54. The van der Waals surface area contributed by atoms with E-state index in [4.69, 9.17) is 13.9 Å². The molecule has 0 aliphatic rings. The second kappa shape index (κ2) is 9.64. The van der Waals surface area contributed by atoms with Gasteiger partial charge in [-0.1, -0.05) is 12.1 Å². The standard InChI is InChI=1S/C21H23N3O6/c1-3-28-15-8-10-16(11-9-15)29-14(2)20(26)23-22-19(25)12-13-24-17-6-4-5-7-18(17)30-21(24)27/h4-11,14H,3,12-13H2,1-2H3,(H,22,25)(H,23,26)/t14-/m0/s1. The van der Waals surface area contributed by atoms with E-state index in [0.717, 1.165) is 0 Å². The topological polar surface area (TPSA) is 112 Å². The van der Waals surface area contributed by atoms with E-state index in [0.29, 0.717) is 29.2 Å². The fraction of sp³-hybridized carbons (Fsp3) is 0.286. The number of hydrogen-bond acceptors (Lipinski definition) is 6. The lowest BCUT2D eigenvalue weighted by Crippen LogP contribution is -2.47. The van der Waals surface area contributed by atoms with Crippen molar-refractivity contribution in [3.05, 3.63) is 59.1 Å². The lowest BCUT2D eigenvalue weighted by molar-refractivity contribution is -0.132. The van der Waals surface area contributed by atoms with Gasteiger partial charge in [0, 0.05) is 13.0 Å². The van der Waals surface area contributed by atoms with Crippen molar-refractivity contribution in [2.75, 3.05) is 6.61 Å². The molecule has 30 heavy (non-hydrogen) atoms. The van der Waals surface area contributed by atoms with Crippen LogP contribution in [0.4, 0.5) is 0 Å². The number of carbonyl (C=O) groups excluding carboxylic acids is 2. The van der Waals surface area contributed by atoms with Crippen LogP contribution in [0.25, 0.3) is 11.1 Å². The molecule has 0 radical (unpaired) electrons. The van der Waals surface area contributed by atoms with Crippen molar-refractivity contribution in [3.63, 3.8) is 0 Å². The normalized spacial score (nSPS) is 11.7. The average Bonchev–Trinajstić information content (AvgIpc) is 3.07. The Hall–Kier alpha value is -3.75. The van der Waals surface area contributed by atoms with Crippen molar-refractivity contribution in [2.24, 2.45) is 0 Å². The molecule has 3 aromatic rings. The van der Waals surface area contributed by atoms with Crippen LogP contribution < -0.4 is 26.1 Å². The molecule has 1 aromatic heterocycles. The number of amides is 2. The highest BCUT2D eigenvalue weighted by Gasteiger charge is 2.16. The number of oxazole rings is 1. The molecule has 9 heteroatoms. The number of carbonyl (C=O) groups is 2. The maximum Gasteiger partial charge on any atom is 0.419 e. The van der Waals surface area contributed by atoms with Crippen molar-refractivity contribution in [1.82, 2.24) is 15.4 Å². The first-order chi connectivity index (χ1) is 14.5. The Morgan fingerprint density at radius 1 is 1.07 bits per heavy atom. The zero-order valence-electron chi connectivity index (χ0n) is 16.7. The molecule has 3 rings (SSSR count). The molecule has 0 spiro atoms. The summed E-state index contributed by atoms with van der Waals surface area (Å²) >= 11 is 0. The number of ether oxygens (including phenoxy) is 2. The number of hydrazine groups is 1. The molecular formula is C21H23N3O6. The third-order valence-corrected chi connectivity index (χ3v) is 4.28. The van der Waals surface area contributed by atoms with E-state index in [1.54, 1.807) is 55.5 Å². The molecule has 2 N–H and O–H groups in total. The van der Waals surface area contributed by atoms with E-state index in [2.05, 4.69) is 10.9 Å². The first-order valence-electron chi connectivity index (χ1n) is 9.54. The van der Waals surface area contributed by atoms with Crippen molar-refractivity contribution in [2.45, 2.75) is 32.9 Å². The smallest absolute Gasteiger partial charge is 0.419 e. The van der Waals surface area contributed by atoms with E-state index in [1.807, 2.05) is 6.92 Å². The van der Waals surface area contributed by atoms with Gasteiger partial charge in [0.2, 0.25) is 5.91 Å². The van der Waals surface area contributed by atoms with E-state index >= 15 is 0 Å². The Kier molecular flexibility index (Phi) is 6.74. The zero-order chi connectivity index (χ0) is 21.5. The second-order valence-corrected chi connectivity index (χ2v) is 6.44. The predicted octanol–water partition coefficient (Wildman–Crippen LogP) is 2.00. The summed E-state index contributed by atoms with van der Waals surface area (Å²) < 4.78 is 17.4. The van der Waals surface area contributed by atoms with Crippen LogP contribution in [0.2, 0.25) is 0 Å². The Bertz CT molecular complexity index is 1070. The summed E-state index contributed by atoms with van der Waals surface area (Å²) in [4.78, 5) is 36.1. The summed E-state index contributed by atoms with van der Waals surface area (Å²) in [5.41, 5.74) is 5.70. The van der Waals surface area contributed by atoms with Crippen molar-refractivity contribution in [1.29, 1.82) is 0 Å². The van der Waals surface area contributed by atoms with Crippen molar-refractivity contribution >= 4 is 22.9 Å². The number of aryl methyl sites for hydroxylation is 1. The summed E-state index contributed by atoms with van der Waals surface area (Å²) in [5.74, 6) is -0.292. The molecule has 0 aliphatic heterocycles. The van der Waals surface area contributed by atoms with Crippen LogP contribution >= 0.6 is 0 Å². The van der Waals surface area contributed by atoms with Crippen LogP contribution in [0.3, 0.4) is 0 Å². The zero-order valence-corrected chi connectivity index (χ0v) is 16.7. The summed E-state index contributed by atoms with van der Waals surface area (Å²) in [6.45, 7) is 4.13. The molecule has 2 aromatic carbocycles. The fourth-order valence-electron chi connectivity index (χ4n) is 2.77. The molecule has 2 amide bonds. The minimum Gasteiger partial charge on any atom is -0.494 e. The molecule has 0 fully saturated rings. The lowest BCUT2D eigenvalue weighted by atomic mass is 10.3. The Labute approximate surface area is 172 Å². The third kappa shape index (κ3) is 5.19. The summed E-state index contributed by atoms with van der Waals surface area (Å²) in [6, 6.07) is 13.8. The van der Waals surface area contributed by atoms with E-state index < -0.39 is 23.7 Å². The number of nitrogens with zero attached hydrogens (tertiary/aromatic N) is 1. The minimum absolute atomic E-state index is 0.0160. The van der Waals surface area contributed by atoms with Gasteiger partial charge in [-0.15, -0.1) is 0 Å². The van der Waals surface area contributed by atoms with E-state index in [9.17, 15) is 14.4 Å². The van der Waals surface area contributed by atoms with Crippen LogP contribution in [0.15, 0.2) is 57.7 Å². The maximum atomic E-state index is 12.1. The Morgan fingerprint density at radius 3 is 2.50 bits per heavy atom. The van der Waals surface area contributed by atoms with Gasteiger partial charge in [0.25, 0.3) is 5.91 Å². The molecule has 0 unspecified atom stereocenters. The number of para-hydroxylation sites is 2. The van der Waals surface area contributed by atoms with Crippen LogP contribution in [0.1, 0.15) is 20.3 Å². The summed E-state index contributed by atoms with van der Waals surface area (Å²) in [6.07, 6.45) is -0.846. The molecular weight excluding hydrogens is 390 g/mol. The number of nitrogens with one attached hydrogen (secondary N) is 2. The second-order valence-electron chi connectivity index (χ2n) is 6.44. The Balaban J connectivity index is 1.46. The van der Waals surface area contributed by atoms with E-state index in [1.165, 1.54) is 4.57 Å². The summed E-state index contributed by atoms with van der Waals surface area (Å²) in [5, 5.41) is 0. The van der Waals surface area contributed by atoms with Gasteiger partial charge in [0.1, 0.15) is 11.5 Å². The lowest BCUT2D eigenvalue weighted by Gasteiger charge is -2.15. The molecule has 0 saturated heterocycles. The monoisotopic (exact) mass is 413 g/mol. The minimum atomic E-state index is -0.830. The van der Waals surface area contributed by atoms with Gasteiger partial charge in [-0.05, 0) is 50.2 Å². The SMILES string of the molecule is CCOc1ccc(O[C@@H](C)C(=O)NNC(=O)CCn2c(=O)oc3ccccc32)cc1. The number of benzene rings is 2. The van der Waals surface area contributed by atoms with Gasteiger partial charge in [0.15, 0.2) is 11.7 Å². The number of aromatic nitrogens is 1. The fourth-order valence-corrected chi connectivity index (χ4v) is 2.77. The maximum absolute atomic E-state index is 12.1. The highest BCUT2D eigenvalue weighted by molar-refractivity contribution is 5.84. The molecule has 0 saturated carbocycles. The highest BCUT2D eigenvalue weighted by atomic mass is 16.5. The van der Waals surface area contributed by atoms with E-state index in [-0.39, 0.29) is 13.0 Å². The van der Waals surface area contributed by atoms with Gasteiger partial charge in [-0.2, -0.15) is 0 Å². The van der Waals surface area contributed by atoms with Crippen LogP contribution in [-0.4, -0.2) is 29.1 Å². The van der Waals surface area contributed by atoms with Gasteiger partial charge in [0.05, 0.1) is 12.1 Å². The number of rotatable bonds is 8. The molecule has 1 atom stereocenters. The van der Waals surface area contributed by atoms with Crippen LogP contribution in [-0.2, 0) is 16.1 Å². The molecule has 9 nitrogen and oxygen atoms in total. The van der Waals surface area contributed by atoms with Crippen LogP contribution in [0.5, 0.6) is 11.5 Å². The third-order valence-electron chi connectivity index (χ3n) is 4.28. The predicted molar refractivity (Wildman–Crippen MR) is 109 cm³/mol. The summed E-state index contributed by atoms with van der Waals surface area (Å²) in [7, 11) is 0. The van der Waals surface area contributed by atoms with Gasteiger partial charge < -0.3 is 13.9 Å². The van der Waals surface area contributed by atoms with Crippen molar-refractivity contribution in [3.8, 4) is 11.5 Å². The Morgan fingerprint density at radius 2 is 1.77 bits per heavy atom. The molecule has 0 bridgehead atoms. The number of hydrogen-bond donors (Lipinski definition) is 2. The van der Waals surface area contributed by atoms with Crippen molar-refractivity contribution < 1.29 is 23.5 Å². The first kappa shape index (κ1) is 21.0. The van der Waals surface area contributed by atoms with Gasteiger partial charge >= 0.3 is 5.76 Å². The average molecular weight is 413 g/mol. The molecule has 158 valence electrons. The largest absolute Gasteiger partial charge is 0.494 e. The quantitative estimate of drug-likeness (QED) is 0.547. The highest BCUT2D eigenvalue weighted by Crippen LogP contribution is 2.18. The van der Waals surface area contributed by atoms with Gasteiger partial charge in [-0.25, -0.2) is 4.79 Å². The van der Waals surface area contributed by atoms with Crippen LogP contribution in [0, 0.1) is 0 Å². The molecule has 1 heterocycles. The number of fused-ring (bicyclic) bond motifs is 1. The molecule has 0 aliphatic carbocycles.